The van der Waals surface area contributed by atoms with Gasteiger partial charge in [0.15, 0.2) is 0 Å². The molecule has 19 heteroatoms. The summed E-state index contributed by atoms with van der Waals surface area (Å²) in [5.74, 6) is 2.32. The number of carbonyl (C=O) groups is 1. The van der Waals surface area contributed by atoms with E-state index in [4.69, 9.17) is 45.2 Å². The molecule has 2 aromatic heterocycles. The number of nitrogens with one attached hydrogen (secondary N) is 2. The van der Waals surface area contributed by atoms with Crippen molar-refractivity contribution < 1.29 is 37.3 Å². The van der Waals surface area contributed by atoms with Gasteiger partial charge in [0.05, 0.1) is 71.5 Å². The molecule has 4 aliphatic heterocycles. The van der Waals surface area contributed by atoms with E-state index in [0.717, 1.165) is 126 Å². The first kappa shape index (κ1) is 53.1. The van der Waals surface area contributed by atoms with Crippen molar-refractivity contribution in [1.82, 2.24) is 50.1 Å². The van der Waals surface area contributed by atoms with Crippen molar-refractivity contribution in [3.8, 4) is 12.3 Å². The summed E-state index contributed by atoms with van der Waals surface area (Å²) >= 11 is 0. The van der Waals surface area contributed by atoms with Crippen molar-refractivity contribution in [1.29, 1.82) is 0 Å². The molecule has 3 atom stereocenters. The highest BCUT2D eigenvalue weighted by Crippen LogP contribution is 2.43. The smallest absolute Gasteiger partial charge is 0.248 e. The number of benzene rings is 1. The molecule has 4 saturated heterocycles. The number of fused-ring (bicyclic) bond motifs is 2. The molecule has 71 heavy (non-hydrogen) atoms. The minimum absolute atomic E-state index is 0.0936. The van der Waals surface area contributed by atoms with Crippen LogP contribution in [0.15, 0.2) is 42.7 Å². The number of halogens is 2. The predicted molar refractivity (Wildman–Crippen MR) is 265 cm³/mol. The lowest BCUT2D eigenvalue weighted by Crippen LogP contribution is -2.48. The maximum atomic E-state index is 13.9. The Morgan fingerprint density at radius 1 is 0.803 bits per heavy atom. The zero-order valence-corrected chi connectivity index (χ0v) is 41.8. The van der Waals surface area contributed by atoms with E-state index in [1.165, 1.54) is 0 Å². The summed E-state index contributed by atoms with van der Waals surface area (Å²) in [6.45, 7) is 16.6. The van der Waals surface area contributed by atoms with Crippen LogP contribution >= 0.6 is 0 Å². The molecular weight excluding hydrogens is 913 g/mol. The van der Waals surface area contributed by atoms with Gasteiger partial charge in [0.1, 0.15) is 18.3 Å². The average Bonchev–Trinajstić information content (AvgIpc) is 3.86. The molecule has 2 bridgehead atoms. The highest BCUT2D eigenvalue weighted by molar-refractivity contribution is 5.79. The molecule has 2 N–H and O–H groups in total. The number of piperazine rings is 1. The summed E-state index contributed by atoms with van der Waals surface area (Å²) < 4.78 is 58.0. The van der Waals surface area contributed by atoms with Gasteiger partial charge in [-0.15, -0.1) is 16.6 Å². The predicted octanol–water partition coefficient (Wildman–Crippen LogP) is 4.60. The summed E-state index contributed by atoms with van der Waals surface area (Å²) in [4.78, 5) is 32.6. The monoisotopic (exact) mass is 990 g/mol. The standard InChI is InChI=1S/C52H77F2N11O6/c1-3-24-67-26-28-69-30-31-70-29-27-68-25-23-62-21-19-61(20-22-62)18-16-55-39-71-38-41-34-56-51(57-35-41)63-36-44(37-63)49-60-59-40(2)65(49)47-32-45-9-10-46(33-47)64(45)17-13-48(42-7-5-4-6-8-42)58-50(66)43-11-14-52(53,54)15-12-43/h1,4-8,34-35,43-48,55H,9-33,36-39H2,2H3,(H,58,66)/t45?,46?,47?,48-/m0/s1. The van der Waals surface area contributed by atoms with E-state index in [-0.39, 0.29) is 49.5 Å². The number of hydrogen-bond acceptors (Lipinski definition) is 15. The van der Waals surface area contributed by atoms with Gasteiger partial charge >= 0.3 is 0 Å². The Balaban J connectivity index is 0.681. The Hall–Kier alpha value is -4.23. The molecular formula is C52H77F2N11O6. The summed E-state index contributed by atoms with van der Waals surface area (Å²) in [5, 5.41) is 16.0. The quantitative estimate of drug-likeness (QED) is 0.0565. The fourth-order valence-electron chi connectivity index (χ4n) is 11.0. The number of piperidine rings is 1. The third kappa shape index (κ3) is 15.6. The van der Waals surface area contributed by atoms with E-state index in [9.17, 15) is 13.6 Å². The van der Waals surface area contributed by atoms with Gasteiger partial charge in [-0.1, -0.05) is 36.3 Å². The number of carbonyl (C=O) groups excluding carboxylic acids is 1. The Morgan fingerprint density at radius 3 is 2.10 bits per heavy atom. The van der Waals surface area contributed by atoms with Crippen molar-refractivity contribution in [3.63, 3.8) is 0 Å². The highest BCUT2D eigenvalue weighted by atomic mass is 19.3. The first-order chi connectivity index (χ1) is 34.7. The zero-order valence-electron chi connectivity index (χ0n) is 41.8. The van der Waals surface area contributed by atoms with Crippen LogP contribution in [0.4, 0.5) is 14.7 Å². The van der Waals surface area contributed by atoms with Crippen LogP contribution in [0.1, 0.15) is 98.6 Å². The molecule has 390 valence electrons. The topological polar surface area (TPSA) is 157 Å². The van der Waals surface area contributed by atoms with E-state index in [0.29, 0.717) is 84.3 Å². The number of aryl methyl sites for hydroxylation is 1. The Kier molecular flexibility index (Phi) is 20.3. The van der Waals surface area contributed by atoms with Gasteiger partial charge in [-0.3, -0.25) is 24.8 Å². The van der Waals surface area contributed by atoms with Crippen LogP contribution in [0.5, 0.6) is 0 Å². The second kappa shape index (κ2) is 27.2. The first-order valence-corrected chi connectivity index (χ1v) is 26.2. The van der Waals surface area contributed by atoms with Gasteiger partial charge < -0.3 is 38.5 Å². The number of anilines is 1. The number of aromatic nitrogens is 5. The van der Waals surface area contributed by atoms with Gasteiger partial charge in [0.25, 0.3) is 0 Å². The van der Waals surface area contributed by atoms with Gasteiger partial charge in [0.2, 0.25) is 17.8 Å². The highest BCUT2D eigenvalue weighted by Gasteiger charge is 2.44. The molecule has 1 amide bonds. The van der Waals surface area contributed by atoms with E-state index < -0.39 is 5.92 Å². The number of ether oxygens (including phenoxy) is 5. The Bertz CT molecular complexity index is 2060. The van der Waals surface area contributed by atoms with Crippen molar-refractivity contribution in [3.05, 3.63) is 65.5 Å². The Morgan fingerprint density at radius 2 is 1.44 bits per heavy atom. The molecule has 8 rings (SSSR count). The molecule has 17 nitrogen and oxygen atoms in total. The lowest BCUT2D eigenvalue weighted by Gasteiger charge is -2.42. The van der Waals surface area contributed by atoms with Gasteiger partial charge in [-0.05, 0) is 57.4 Å². The summed E-state index contributed by atoms with van der Waals surface area (Å²) in [7, 11) is 0. The number of rotatable bonds is 29. The molecule has 5 fully saturated rings. The maximum absolute atomic E-state index is 13.9. The SMILES string of the molecule is C#CCOCCOCCOCCOCCN1CCN(CCNCOCc2cnc(N3CC(c4nnc(C)n4C4CC5CCC(C4)N5CC[C@H](NC(=O)C4CCC(F)(F)CC4)c4ccccc4)C3)nc2)CC1. The van der Waals surface area contributed by atoms with Crippen LogP contribution in [-0.2, 0) is 35.1 Å². The third-order valence-corrected chi connectivity index (χ3v) is 15.0. The molecule has 2 unspecified atom stereocenters. The Labute approximate surface area is 419 Å². The fourth-order valence-corrected chi connectivity index (χ4v) is 11.0. The van der Waals surface area contributed by atoms with Crippen molar-refractivity contribution >= 4 is 11.9 Å². The maximum Gasteiger partial charge on any atom is 0.248 e. The molecule has 3 aromatic rings. The van der Waals surface area contributed by atoms with Crippen LogP contribution in [0.25, 0.3) is 0 Å². The lowest BCUT2D eigenvalue weighted by molar-refractivity contribution is -0.130. The minimum atomic E-state index is -2.66. The van der Waals surface area contributed by atoms with Gasteiger partial charge in [-0.2, -0.15) is 0 Å². The second-order valence-electron chi connectivity index (χ2n) is 19.9. The van der Waals surface area contributed by atoms with Crippen LogP contribution in [0.2, 0.25) is 0 Å². The molecule has 1 saturated carbocycles. The largest absolute Gasteiger partial charge is 0.378 e. The van der Waals surface area contributed by atoms with Crippen LogP contribution < -0.4 is 15.5 Å². The lowest BCUT2D eigenvalue weighted by atomic mass is 9.86. The van der Waals surface area contributed by atoms with Crippen molar-refractivity contribution in [2.24, 2.45) is 5.92 Å². The number of alkyl halides is 2. The summed E-state index contributed by atoms with van der Waals surface area (Å²) in [5.41, 5.74) is 2.00. The van der Waals surface area contributed by atoms with E-state index in [1.54, 1.807) is 0 Å². The second-order valence-corrected chi connectivity index (χ2v) is 19.9. The zero-order chi connectivity index (χ0) is 49.3. The molecule has 1 aromatic carbocycles. The van der Waals surface area contributed by atoms with E-state index in [1.807, 2.05) is 30.6 Å². The van der Waals surface area contributed by atoms with E-state index in [2.05, 4.69) is 64.9 Å². The van der Waals surface area contributed by atoms with Gasteiger partial charge in [0, 0.05) is 120 Å². The van der Waals surface area contributed by atoms with Crippen molar-refractivity contribution in [2.75, 3.05) is 130 Å². The first-order valence-electron chi connectivity index (χ1n) is 26.2. The van der Waals surface area contributed by atoms with Crippen LogP contribution in [0.3, 0.4) is 0 Å². The number of hydrogen-bond donors (Lipinski definition) is 2. The molecule has 0 spiro atoms. The fraction of sp³-hybridized carbons (Fsp3) is 0.712. The average molecular weight is 990 g/mol. The number of nitrogens with zero attached hydrogens (tertiary/aromatic N) is 9. The van der Waals surface area contributed by atoms with Crippen LogP contribution in [0, 0.1) is 25.2 Å². The number of amides is 1. The molecule has 6 heterocycles. The summed E-state index contributed by atoms with van der Waals surface area (Å²) in [6.07, 6.45) is 14.1. The van der Waals surface area contributed by atoms with Crippen LogP contribution in [-0.4, -0.2) is 188 Å². The van der Waals surface area contributed by atoms with Crippen molar-refractivity contribution in [2.45, 2.75) is 107 Å². The van der Waals surface area contributed by atoms with Gasteiger partial charge in [-0.25, -0.2) is 18.7 Å². The molecule has 5 aliphatic rings. The number of terminal acetylenes is 1. The normalized spacial score (nSPS) is 22.6. The minimum Gasteiger partial charge on any atom is -0.378 e. The van der Waals surface area contributed by atoms with E-state index >= 15 is 0 Å². The molecule has 0 radical (unpaired) electrons. The third-order valence-electron chi connectivity index (χ3n) is 15.0. The summed E-state index contributed by atoms with van der Waals surface area (Å²) in [6, 6.07) is 11.2. The molecule has 1 aliphatic carbocycles.